The highest BCUT2D eigenvalue weighted by molar-refractivity contribution is 6.31. The Morgan fingerprint density at radius 2 is 2.04 bits per heavy atom. The average Bonchev–Trinajstić information content (AvgIpc) is 3.05. The molecule has 1 fully saturated rings. The number of carbonyl (C=O) groups is 1. The zero-order chi connectivity index (χ0) is 16.2. The van der Waals surface area contributed by atoms with Gasteiger partial charge in [0.15, 0.2) is 0 Å². The molecule has 1 amide bonds. The van der Waals surface area contributed by atoms with E-state index in [1.165, 1.54) is 0 Å². The highest BCUT2D eigenvalue weighted by Crippen LogP contribution is 2.28. The van der Waals surface area contributed by atoms with Crippen LogP contribution in [0.15, 0.2) is 48.5 Å². The van der Waals surface area contributed by atoms with Crippen molar-refractivity contribution < 1.29 is 4.79 Å². The first-order valence-electron chi connectivity index (χ1n) is 7.24. The van der Waals surface area contributed by atoms with Gasteiger partial charge in [-0.3, -0.25) is 4.79 Å². The standard InChI is InChI=1S/C17H15ClN4O/c18-14-7-2-1-6-13(14)15-9-16(22-21-15)17(23)20-12-5-3-4-11(8-12)10-19/h1-8,15-16,21-22H,9H2,(H,20,23). The van der Waals surface area contributed by atoms with Crippen molar-refractivity contribution in [3.8, 4) is 6.07 Å². The maximum Gasteiger partial charge on any atom is 0.242 e. The molecule has 1 aliphatic rings. The van der Waals surface area contributed by atoms with Crippen LogP contribution in [0.1, 0.15) is 23.6 Å². The molecule has 1 saturated heterocycles. The Morgan fingerprint density at radius 3 is 2.83 bits per heavy atom. The van der Waals surface area contributed by atoms with Crippen LogP contribution in [0.2, 0.25) is 5.02 Å². The summed E-state index contributed by atoms with van der Waals surface area (Å²) >= 11 is 6.20. The first kappa shape index (κ1) is 15.5. The van der Waals surface area contributed by atoms with E-state index in [1.807, 2.05) is 24.3 Å². The van der Waals surface area contributed by atoms with Crippen LogP contribution in [0.3, 0.4) is 0 Å². The summed E-state index contributed by atoms with van der Waals surface area (Å²) in [6.45, 7) is 0. The second kappa shape index (κ2) is 6.80. The summed E-state index contributed by atoms with van der Waals surface area (Å²) in [6.07, 6.45) is 0.591. The molecule has 23 heavy (non-hydrogen) atoms. The molecule has 0 spiro atoms. The van der Waals surface area contributed by atoms with Gasteiger partial charge in [0, 0.05) is 16.8 Å². The fraction of sp³-hybridized carbons (Fsp3) is 0.176. The van der Waals surface area contributed by atoms with E-state index < -0.39 is 0 Å². The molecule has 116 valence electrons. The molecule has 1 heterocycles. The minimum absolute atomic E-state index is 0.0232. The Bertz CT molecular complexity index is 771. The monoisotopic (exact) mass is 326 g/mol. The van der Waals surface area contributed by atoms with Crippen LogP contribution in [0.4, 0.5) is 5.69 Å². The number of carbonyl (C=O) groups excluding carboxylic acids is 1. The Morgan fingerprint density at radius 1 is 1.22 bits per heavy atom. The van der Waals surface area contributed by atoms with Gasteiger partial charge in [-0.2, -0.15) is 5.26 Å². The Hall–Kier alpha value is -2.39. The summed E-state index contributed by atoms with van der Waals surface area (Å²) in [6, 6.07) is 16.1. The molecule has 0 radical (unpaired) electrons. The predicted molar refractivity (Wildman–Crippen MR) is 88.7 cm³/mol. The first-order chi connectivity index (χ1) is 11.2. The number of hydrogen-bond acceptors (Lipinski definition) is 4. The van der Waals surface area contributed by atoms with Crippen molar-refractivity contribution in [1.29, 1.82) is 5.26 Å². The minimum atomic E-state index is -0.373. The van der Waals surface area contributed by atoms with Gasteiger partial charge in [-0.05, 0) is 36.2 Å². The molecule has 2 aromatic rings. The molecule has 3 rings (SSSR count). The predicted octanol–water partition coefficient (Wildman–Crippen LogP) is 2.76. The van der Waals surface area contributed by atoms with Gasteiger partial charge in [0.2, 0.25) is 5.91 Å². The Balaban J connectivity index is 1.66. The van der Waals surface area contributed by atoms with Crippen molar-refractivity contribution in [3.05, 3.63) is 64.7 Å². The molecule has 0 bridgehead atoms. The normalized spacial score (nSPS) is 20.0. The lowest BCUT2D eigenvalue weighted by molar-refractivity contribution is -0.117. The second-order valence-electron chi connectivity index (χ2n) is 5.33. The lowest BCUT2D eigenvalue weighted by Gasteiger charge is -2.12. The number of hydrazine groups is 1. The number of halogens is 1. The largest absolute Gasteiger partial charge is 0.325 e. The van der Waals surface area contributed by atoms with Crippen molar-refractivity contribution in [3.63, 3.8) is 0 Å². The Labute approximate surface area is 139 Å². The van der Waals surface area contributed by atoms with E-state index in [0.29, 0.717) is 22.7 Å². The van der Waals surface area contributed by atoms with Gasteiger partial charge in [0.1, 0.15) is 6.04 Å². The molecular weight excluding hydrogens is 312 g/mol. The smallest absolute Gasteiger partial charge is 0.242 e. The summed E-state index contributed by atoms with van der Waals surface area (Å²) < 4.78 is 0. The number of rotatable bonds is 3. The highest BCUT2D eigenvalue weighted by atomic mass is 35.5. The van der Waals surface area contributed by atoms with Crippen LogP contribution in [-0.2, 0) is 4.79 Å². The van der Waals surface area contributed by atoms with Gasteiger partial charge >= 0.3 is 0 Å². The molecule has 2 aromatic carbocycles. The third-order valence-corrected chi connectivity index (χ3v) is 4.10. The van der Waals surface area contributed by atoms with E-state index in [4.69, 9.17) is 16.9 Å². The van der Waals surface area contributed by atoms with Crippen LogP contribution in [0, 0.1) is 11.3 Å². The van der Waals surface area contributed by atoms with Crippen LogP contribution < -0.4 is 16.2 Å². The zero-order valence-electron chi connectivity index (χ0n) is 12.2. The highest BCUT2D eigenvalue weighted by Gasteiger charge is 2.31. The molecule has 1 aliphatic heterocycles. The summed E-state index contributed by atoms with van der Waals surface area (Å²) in [5, 5.41) is 12.4. The zero-order valence-corrected chi connectivity index (χ0v) is 13.0. The number of anilines is 1. The molecule has 0 saturated carbocycles. The van der Waals surface area contributed by atoms with Crippen LogP contribution >= 0.6 is 11.6 Å². The van der Waals surface area contributed by atoms with E-state index in [9.17, 15) is 4.79 Å². The van der Waals surface area contributed by atoms with Gasteiger partial charge in [-0.1, -0.05) is 35.9 Å². The molecule has 0 aromatic heterocycles. The number of amides is 1. The van der Waals surface area contributed by atoms with Gasteiger partial charge in [-0.25, -0.2) is 10.9 Å². The van der Waals surface area contributed by atoms with E-state index in [0.717, 1.165) is 5.56 Å². The molecule has 0 aliphatic carbocycles. The molecule has 2 unspecified atom stereocenters. The minimum Gasteiger partial charge on any atom is -0.325 e. The fourth-order valence-electron chi connectivity index (χ4n) is 2.59. The SMILES string of the molecule is N#Cc1cccc(NC(=O)C2CC(c3ccccc3Cl)NN2)c1. The summed E-state index contributed by atoms with van der Waals surface area (Å²) in [7, 11) is 0. The molecule has 6 heteroatoms. The van der Waals surface area contributed by atoms with Crippen LogP contribution in [0.5, 0.6) is 0 Å². The molecule has 2 atom stereocenters. The van der Waals surface area contributed by atoms with Gasteiger partial charge < -0.3 is 5.32 Å². The van der Waals surface area contributed by atoms with Crippen LogP contribution in [0.25, 0.3) is 0 Å². The maximum atomic E-state index is 12.3. The van der Waals surface area contributed by atoms with Crippen molar-refractivity contribution in [2.45, 2.75) is 18.5 Å². The van der Waals surface area contributed by atoms with Gasteiger partial charge in [-0.15, -0.1) is 0 Å². The lowest BCUT2D eigenvalue weighted by Crippen LogP contribution is -2.39. The average molecular weight is 327 g/mol. The van der Waals surface area contributed by atoms with E-state index >= 15 is 0 Å². The van der Waals surface area contributed by atoms with Crippen LogP contribution in [-0.4, -0.2) is 11.9 Å². The van der Waals surface area contributed by atoms with Crippen molar-refractivity contribution in [2.75, 3.05) is 5.32 Å². The topological polar surface area (TPSA) is 77.0 Å². The third-order valence-electron chi connectivity index (χ3n) is 3.76. The first-order valence-corrected chi connectivity index (χ1v) is 7.61. The van der Waals surface area contributed by atoms with Gasteiger partial charge in [0.25, 0.3) is 0 Å². The third kappa shape index (κ3) is 3.51. The summed E-state index contributed by atoms with van der Waals surface area (Å²) in [5.41, 5.74) is 8.18. The number of hydrogen-bond donors (Lipinski definition) is 3. The summed E-state index contributed by atoms with van der Waals surface area (Å²) in [5.74, 6) is -0.151. The molecule has 3 N–H and O–H groups in total. The Kier molecular flexibility index (Phi) is 4.58. The quantitative estimate of drug-likeness (QED) is 0.810. The van der Waals surface area contributed by atoms with E-state index in [2.05, 4.69) is 22.2 Å². The lowest BCUT2D eigenvalue weighted by atomic mass is 10.0. The molecule has 5 nitrogen and oxygen atoms in total. The number of nitrogens with one attached hydrogen (secondary N) is 3. The number of nitriles is 1. The number of benzene rings is 2. The van der Waals surface area contributed by atoms with Crippen molar-refractivity contribution in [2.24, 2.45) is 0 Å². The van der Waals surface area contributed by atoms with E-state index in [1.54, 1.807) is 24.3 Å². The summed E-state index contributed by atoms with van der Waals surface area (Å²) in [4.78, 5) is 12.3. The fourth-order valence-corrected chi connectivity index (χ4v) is 2.85. The maximum absolute atomic E-state index is 12.3. The second-order valence-corrected chi connectivity index (χ2v) is 5.74. The van der Waals surface area contributed by atoms with Crippen molar-refractivity contribution >= 4 is 23.2 Å². The number of nitrogens with zero attached hydrogens (tertiary/aromatic N) is 1. The van der Waals surface area contributed by atoms with Gasteiger partial charge in [0.05, 0.1) is 11.6 Å². The van der Waals surface area contributed by atoms with E-state index in [-0.39, 0.29) is 18.0 Å². The molecular formula is C17H15ClN4O. The van der Waals surface area contributed by atoms with Crippen molar-refractivity contribution in [1.82, 2.24) is 10.9 Å².